The summed E-state index contributed by atoms with van der Waals surface area (Å²) in [6.07, 6.45) is 3.70. The maximum absolute atomic E-state index is 5.28. The van der Waals surface area contributed by atoms with E-state index in [2.05, 4.69) is 195 Å². The number of pyridine rings is 1. The summed E-state index contributed by atoms with van der Waals surface area (Å²) in [4.78, 5) is 14.9. The van der Waals surface area contributed by atoms with E-state index >= 15 is 0 Å². The molecule has 0 radical (unpaired) electrons. The number of hydrogen-bond acceptors (Lipinski definition) is 3. The van der Waals surface area contributed by atoms with Crippen LogP contribution in [0.4, 0.5) is 0 Å². The summed E-state index contributed by atoms with van der Waals surface area (Å²) in [5, 5.41) is 4.87. The lowest BCUT2D eigenvalue weighted by molar-refractivity contribution is 0.661. The molecule has 0 bridgehead atoms. The standard InChI is InChI=1S/C56H39N3/c1-56(2)49-23-11-22-45(53(49)54-44-19-7-6-13-36(44)28-31-50(54)56)38-26-24-37(25-27-38)43-29-30-48(47-21-9-8-20-46(43)47)55-58-51(39-14-4-3-5-15-39)34-52(59-55)41-17-10-16-40(33-41)42-18-12-32-57-35-42/h3-35H,1-2H3. The summed E-state index contributed by atoms with van der Waals surface area (Å²) < 4.78 is 0. The number of aromatic nitrogens is 3. The predicted molar refractivity (Wildman–Crippen MR) is 245 cm³/mol. The molecule has 0 fully saturated rings. The van der Waals surface area contributed by atoms with E-state index in [4.69, 9.17) is 9.97 Å². The zero-order chi connectivity index (χ0) is 39.5. The third-order valence-electron chi connectivity index (χ3n) is 12.2. The first kappa shape index (κ1) is 34.7. The molecular formula is C56H39N3. The zero-order valence-electron chi connectivity index (χ0n) is 32.9. The molecule has 0 saturated heterocycles. The Morgan fingerprint density at radius 3 is 1.76 bits per heavy atom. The van der Waals surface area contributed by atoms with Crippen molar-refractivity contribution in [1.82, 2.24) is 15.0 Å². The van der Waals surface area contributed by atoms with E-state index in [1.54, 1.807) is 6.20 Å². The Morgan fingerprint density at radius 1 is 0.373 bits per heavy atom. The highest BCUT2D eigenvalue weighted by atomic mass is 14.9. The van der Waals surface area contributed by atoms with Crippen LogP contribution >= 0.6 is 0 Å². The summed E-state index contributed by atoms with van der Waals surface area (Å²) >= 11 is 0. The third kappa shape index (κ3) is 5.85. The van der Waals surface area contributed by atoms with Gasteiger partial charge in [0.05, 0.1) is 11.4 Å². The molecule has 0 spiro atoms. The van der Waals surface area contributed by atoms with Crippen molar-refractivity contribution in [3.63, 3.8) is 0 Å². The molecule has 1 aliphatic rings. The van der Waals surface area contributed by atoms with Gasteiger partial charge in [0.25, 0.3) is 0 Å². The average Bonchev–Trinajstić information content (AvgIpc) is 3.55. The highest BCUT2D eigenvalue weighted by molar-refractivity contribution is 6.07. The van der Waals surface area contributed by atoms with Gasteiger partial charge in [-0.1, -0.05) is 178 Å². The molecule has 8 aromatic carbocycles. The lowest BCUT2D eigenvalue weighted by Crippen LogP contribution is -2.14. The minimum absolute atomic E-state index is 0.0830. The van der Waals surface area contributed by atoms with Crippen LogP contribution in [-0.4, -0.2) is 15.0 Å². The van der Waals surface area contributed by atoms with E-state index in [-0.39, 0.29) is 5.41 Å². The number of benzene rings is 8. The van der Waals surface area contributed by atoms with Gasteiger partial charge in [0, 0.05) is 40.1 Å². The van der Waals surface area contributed by atoms with E-state index in [0.717, 1.165) is 50.0 Å². The Balaban J connectivity index is 1.01. The van der Waals surface area contributed by atoms with Crippen LogP contribution in [0, 0.1) is 0 Å². The first-order valence-corrected chi connectivity index (χ1v) is 20.3. The van der Waals surface area contributed by atoms with Crippen LogP contribution in [0.5, 0.6) is 0 Å². The molecular weight excluding hydrogens is 715 g/mol. The van der Waals surface area contributed by atoms with E-state index < -0.39 is 0 Å². The van der Waals surface area contributed by atoms with Crippen molar-refractivity contribution >= 4 is 21.5 Å². The van der Waals surface area contributed by atoms with Gasteiger partial charge in [-0.2, -0.15) is 0 Å². The summed E-state index contributed by atoms with van der Waals surface area (Å²) in [6, 6.07) is 67.5. The zero-order valence-corrected chi connectivity index (χ0v) is 32.9. The number of fused-ring (bicyclic) bond motifs is 6. The molecule has 2 heterocycles. The second-order valence-electron chi connectivity index (χ2n) is 16.0. The summed E-state index contributed by atoms with van der Waals surface area (Å²) in [7, 11) is 0. The number of nitrogens with zero attached hydrogens (tertiary/aromatic N) is 3. The molecule has 3 heteroatoms. The van der Waals surface area contributed by atoms with Gasteiger partial charge in [-0.15, -0.1) is 0 Å². The molecule has 2 aromatic heterocycles. The first-order valence-electron chi connectivity index (χ1n) is 20.3. The van der Waals surface area contributed by atoms with Gasteiger partial charge >= 0.3 is 0 Å². The summed E-state index contributed by atoms with van der Waals surface area (Å²) in [6.45, 7) is 4.72. The second kappa shape index (κ2) is 13.9. The number of rotatable bonds is 6. The van der Waals surface area contributed by atoms with Gasteiger partial charge < -0.3 is 0 Å². The highest BCUT2D eigenvalue weighted by Crippen LogP contribution is 2.54. The van der Waals surface area contributed by atoms with Crippen molar-refractivity contribution in [2.75, 3.05) is 0 Å². The van der Waals surface area contributed by atoms with E-state index in [1.807, 2.05) is 18.3 Å². The predicted octanol–water partition coefficient (Wildman–Crippen LogP) is 14.5. The Bertz CT molecular complexity index is 3220. The maximum Gasteiger partial charge on any atom is 0.161 e. The minimum atomic E-state index is -0.0830. The fraction of sp³-hybridized carbons (Fsp3) is 0.0536. The fourth-order valence-electron chi connectivity index (χ4n) is 9.23. The van der Waals surface area contributed by atoms with Crippen molar-refractivity contribution in [2.45, 2.75) is 19.3 Å². The van der Waals surface area contributed by atoms with Crippen LogP contribution in [0.1, 0.15) is 25.0 Å². The van der Waals surface area contributed by atoms with Gasteiger partial charge in [-0.05, 0) is 95.9 Å². The molecule has 278 valence electrons. The van der Waals surface area contributed by atoms with Crippen LogP contribution in [0.15, 0.2) is 200 Å². The normalized spacial score (nSPS) is 12.7. The van der Waals surface area contributed by atoms with Gasteiger partial charge in [-0.25, -0.2) is 9.97 Å². The second-order valence-corrected chi connectivity index (χ2v) is 16.0. The van der Waals surface area contributed by atoms with Crippen molar-refractivity contribution in [3.8, 4) is 78.4 Å². The Labute approximate surface area is 344 Å². The van der Waals surface area contributed by atoms with Crippen molar-refractivity contribution < 1.29 is 0 Å². The molecule has 0 amide bonds. The molecule has 0 unspecified atom stereocenters. The first-order chi connectivity index (χ1) is 29.0. The molecule has 0 aliphatic heterocycles. The van der Waals surface area contributed by atoms with Crippen molar-refractivity contribution in [1.29, 1.82) is 0 Å². The van der Waals surface area contributed by atoms with E-state index in [9.17, 15) is 0 Å². The van der Waals surface area contributed by atoms with E-state index in [0.29, 0.717) is 5.82 Å². The van der Waals surface area contributed by atoms with Gasteiger partial charge in [0.2, 0.25) is 0 Å². The summed E-state index contributed by atoms with van der Waals surface area (Å²) in [5.74, 6) is 0.694. The molecule has 10 aromatic rings. The average molecular weight is 754 g/mol. The fourth-order valence-corrected chi connectivity index (χ4v) is 9.23. The van der Waals surface area contributed by atoms with Crippen LogP contribution in [0.2, 0.25) is 0 Å². The van der Waals surface area contributed by atoms with Crippen molar-refractivity contribution in [3.05, 3.63) is 212 Å². The smallest absolute Gasteiger partial charge is 0.161 e. The largest absolute Gasteiger partial charge is 0.264 e. The van der Waals surface area contributed by atoms with Crippen LogP contribution < -0.4 is 0 Å². The highest BCUT2D eigenvalue weighted by Gasteiger charge is 2.37. The molecule has 1 aliphatic carbocycles. The molecule has 3 nitrogen and oxygen atoms in total. The van der Waals surface area contributed by atoms with Crippen molar-refractivity contribution in [2.24, 2.45) is 0 Å². The molecule has 11 rings (SSSR count). The topological polar surface area (TPSA) is 38.7 Å². The quantitative estimate of drug-likeness (QED) is 0.170. The Kier molecular flexibility index (Phi) is 8.16. The lowest BCUT2D eigenvalue weighted by atomic mass is 9.81. The summed E-state index contributed by atoms with van der Waals surface area (Å²) in [5.41, 5.74) is 17.2. The molecule has 0 atom stereocenters. The maximum atomic E-state index is 5.28. The monoisotopic (exact) mass is 753 g/mol. The van der Waals surface area contributed by atoms with Crippen LogP contribution in [-0.2, 0) is 5.41 Å². The molecule has 0 saturated carbocycles. The van der Waals surface area contributed by atoms with Gasteiger partial charge in [0.15, 0.2) is 5.82 Å². The van der Waals surface area contributed by atoms with Gasteiger partial charge in [0.1, 0.15) is 0 Å². The lowest BCUT2D eigenvalue weighted by Gasteiger charge is -2.21. The van der Waals surface area contributed by atoms with E-state index in [1.165, 1.54) is 55.3 Å². The molecule has 0 N–H and O–H groups in total. The van der Waals surface area contributed by atoms with Crippen LogP contribution in [0.25, 0.3) is 100.0 Å². The number of hydrogen-bond donors (Lipinski definition) is 0. The minimum Gasteiger partial charge on any atom is -0.264 e. The molecule has 59 heavy (non-hydrogen) atoms. The third-order valence-corrected chi connectivity index (χ3v) is 12.2. The van der Waals surface area contributed by atoms with Gasteiger partial charge in [-0.3, -0.25) is 4.98 Å². The Morgan fingerprint density at radius 2 is 0.983 bits per heavy atom. The Hall–Kier alpha value is -7.49. The van der Waals surface area contributed by atoms with Crippen LogP contribution in [0.3, 0.4) is 0 Å². The SMILES string of the molecule is CC1(C)c2cccc(-c3ccc(-c4ccc(-c5nc(-c6ccccc6)cc(-c6cccc(-c7cccnc7)c6)n5)c5ccccc45)cc3)c2-c2c1ccc1ccccc21.